The van der Waals surface area contributed by atoms with Gasteiger partial charge in [-0.15, -0.1) is 5.10 Å². The van der Waals surface area contributed by atoms with Crippen LogP contribution in [0.1, 0.15) is 54.7 Å². The lowest BCUT2D eigenvalue weighted by Crippen LogP contribution is -2.32. The van der Waals surface area contributed by atoms with Crippen LogP contribution in [0.4, 0.5) is 5.69 Å². The number of rotatable bonds is 6. The van der Waals surface area contributed by atoms with E-state index in [1.54, 1.807) is 35.0 Å². The number of hydrogen-bond donors (Lipinski definition) is 1. The van der Waals surface area contributed by atoms with Crippen LogP contribution >= 0.6 is 0 Å². The number of aromatic nitrogens is 3. The Morgan fingerprint density at radius 1 is 1.17 bits per heavy atom. The quantitative estimate of drug-likeness (QED) is 0.573. The second kappa shape index (κ2) is 9.82. The van der Waals surface area contributed by atoms with E-state index in [4.69, 9.17) is 4.74 Å². The molecule has 0 radical (unpaired) electrons. The van der Waals surface area contributed by atoms with Gasteiger partial charge in [-0.3, -0.25) is 4.79 Å². The van der Waals surface area contributed by atoms with Crippen molar-refractivity contribution in [3.63, 3.8) is 0 Å². The van der Waals surface area contributed by atoms with Gasteiger partial charge >= 0.3 is 11.9 Å². The largest absolute Gasteiger partial charge is 0.464 e. The molecule has 3 rings (SSSR count). The number of anilines is 1. The van der Waals surface area contributed by atoms with Crippen LogP contribution in [0.3, 0.4) is 0 Å². The lowest BCUT2D eigenvalue weighted by atomic mass is 9.92. The summed E-state index contributed by atoms with van der Waals surface area (Å²) in [6.45, 7) is 1.44. The zero-order valence-corrected chi connectivity index (χ0v) is 16.9. The third-order valence-corrected chi connectivity index (χ3v) is 4.82. The molecule has 30 heavy (non-hydrogen) atoms. The number of ether oxygens (including phenoxy) is 2. The Labute approximate surface area is 174 Å². The molecular weight excluding hydrogens is 388 g/mol. The zero-order valence-electron chi connectivity index (χ0n) is 16.9. The lowest BCUT2D eigenvalue weighted by Gasteiger charge is -2.30. The van der Waals surface area contributed by atoms with E-state index in [0.29, 0.717) is 12.1 Å². The van der Waals surface area contributed by atoms with E-state index in [1.807, 2.05) is 0 Å². The maximum Gasteiger partial charge on any atom is 0.360 e. The molecule has 0 unspecified atom stereocenters. The van der Waals surface area contributed by atoms with Crippen molar-refractivity contribution >= 4 is 29.6 Å². The second-order valence-electron chi connectivity index (χ2n) is 7.04. The van der Waals surface area contributed by atoms with Gasteiger partial charge in [0.15, 0.2) is 5.69 Å². The van der Waals surface area contributed by atoms with E-state index in [2.05, 4.69) is 20.4 Å². The first-order chi connectivity index (χ1) is 14.5. The van der Waals surface area contributed by atoms with Crippen molar-refractivity contribution in [3.05, 3.63) is 47.8 Å². The lowest BCUT2D eigenvalue weighted by molar-refractivity contribution is -0.147. The van der Waals surface area contributed by atoms with E-state index >= 15 is 0 Å². The molecule has 0 spiro atoms. The molecule has 0 aliphatic heterocycles. The topological polar surface area (TPSA) is 112 Å². The molecule has 1 aliphatic rings. The van der Waals surface area contributed by atoms with Crippen LogP contribution in [-0.4, -0.2) is 46.1 Å². The Bertz CT molecular complexity index is 935. The van der Waals surface area contributed by atoms with Crippen molar-refractivity contribution in [2.24, 2.45) is 0 Å². The molecule has 1 aliphatic carbocycles. The number of esters is 2. The van der Waals surface area contributed by atoms with Gasteiger partial charge in [0.05, 0.1) is 19.3 Å². The highest BCUT2D eigenvalue weighted by atomic mass is 16.5. The first kappa shape index (κ1) is 21.2. The summed E-state index contributed by atoms with van der Waals surface area (Å²) in [7, 11) is 1.28. The molecule has 1 heterocycles. The van der Waals surface area contributed by atoms with E-state index in [0.717, 1.165) is 24.8 Å². The highest BCUT2D eigenvalue weighted by molar-refractivity contribution is 5.89. The van der Waals surface area contributed by atoms with Crippen LogP contribution in [0, 0.1) is 0 Å². The molecule has 2 atom stereocenters. The minimum Gasteiger partial charge on any atom is -0.464 e. The van der Waals surface area contributed by atoms with Gasteiger partial charge in [0.25, 0.3) is 0 Å². The van der Waals surface area contributed by atoms with Gasteiger partial charge in [-0.2, -0.15) is 0 Å². The standard InChI is InChI=1S/C21H24N4O5/c1-14(26)22-16-10-7-15(8-11-16)9-12-20(27)30-19-6-4-3-5-18(19)25-13-17(23-24-25)21(28)29-2/h7-13,18-19H,3-6H2,1-2H3,(H,22,26)/t18-,19-/m1/s1. The number of methoxy groups -OCH3 is 1. The summed E-state index contributed by atoms with van der Waals surface area (Å²) in [5, 5.41) is 10.5. The molecule has 2 aromatic rings. The molecule has 9 heteroatoms. The average molecular weight is 412 g/mol. The van der Waals surface area contributed by atoms with Gasteiger partial charge in [0.1, 0.15) is 6.10 Å². The number of hydrogen-bond acceptors (Lipinski definition) is 7. The van der Waals surface area contributed by atoms with Crippen molar-refractivity contribution < 1.29 is 23.9 Å². The summed E-state index contributed by atoms with van der Waals surface area (Å²) in [6.07, 6.45) is 7.60. The molecule has 0 bridgehead atoms. The van der Waals surface area contributed by atoms with Crippen LogP contribution in [0.2, 0.25) is 0 Å². The molecule has 1 fully saturated rings. The van der Waals surface area contributed by atoms with E-state index in [9.17, 15) is 14.4 Å². The predicted molar refractivity (Wildman–Crippen MR) is 109 cm³/mol. The Morgan fingerprint density at radius 2 is 1.90 bits per heavy atom. The van der Waals surface area contributed by atoms with Gasteiger partial charge in [-0.25, -0.2) is 14.3 Å². The van der Waals surface area contributed by atoms with Crippen LogP contribution in [0.5, 0.6) is 0 Å². The molecular formula is C21H24N4O5. The Kier molecular flexibility index (Phi) is 6.95. The number of carbonyl (C=O) groups excluding carboxylic acids is 3. The fraction of sp³-hybridized carbons (Fsp3) is 0.381. The smallest absolute Gasteiger partial charge is 0.360 e. The van der Waals surface area contributed by atoms with Crippen LogP contribution < -0.4 is 5.32 Å². The first-order valence-electron chi connectivity index (χ1n) is 9.73. The highest BCUT2D eigenvalue weighted by Gasteiger charge is 2.31. The van der Waals surface area contributed by atoms with Gasteiger partial charge in [0, 0.05) is 18.7 Å². The Morgan fingerprint density at radius 3 is 2.60 bits per heavy atom. The predicted octanol–water partition coefficient (Wildman–Crippen LogP) is 2.76. The minimum atomic E-state index is -0.557. The SMILES string of the molecule is COC(=O)c1cn([C@@H]2CCCC[C@H]2OC(=O)C=Cc2ccc(NC(C)=O)cc2)nn1. The summed E-state index contributed by atoms with van der Waals surface area (Å²) in [5.74, 6) is -1.15. The normalized spacial score (nSPS) is 18.7. The number of nitrogens with one attached hydrogen (secondary N) is 1. The van der Waals surface area contributed by atoms with Crippen LogP contribution in [0.25, 0.3) is 6.08 Å². The molecule has 1 saturated carbocycles. The molecule has 1 aromatic carbocycles. The zero-order chi connectivity index (χ0) is 21.5. The maximum atomic E-state index is 12.3. The highest BCUT2D eigenvalue weighted by Crippen LogP contribution is 2.30. The van der Waals surface area contributed by atoms with E-state index < -0.39 is 11.9 Å². The van der Waals surface area contributed by atoms with Gasteiger partial charge in [-0.1, -0.05) is 23.8 Å². The molecule has 9 nitrogen and oxygen atoms in total. The minimum absolute atomic E-state index is 0.121. The van der Waals surface area contributed by atoms with Crippen molar-refractivity contribution in [3.8, 4) is 0 Å². The van der Waals surface area contributed by atoms with Gasteiger partial charge in [-0.05, 0) is 43.0 Å². The number of amides is 1. The summed E-state index contributed by atoms with van der Waals surface area (Å²) < 4.78 is 11.9. The molecule has 1 amide bonds. The first-order valence-corrected chi connectivity index (χ1v) is 9.73. The second-order valence-corrected chi connectivity index (χ2v) is 7.04. The summed E-state index contributed by atoms with van der Waals surface area (Å²) in [5.41, 5.74) is 1.61. The van der Waals surface area contributed by atoms with Gasteiger partial charge in [0.2, 0.25) is 5.91 Å². The van der Waals surface area contributed by atoms with Crippen molar-refractivity contribution in [1.82, 2.24) is 15.0 Å². The summed E-state index contributed by atoms with van der Waals surface area (Å²) >= 11 is 0. The van der Waals surface area contributed by atoms with Crippen molar-refractivity contribution in [1.29, 1.82) is 0 Å². The van der Waals surface area contributed by atoms with Crippen LogP contribution in [-0.2, 0) is 19.1 Å². The van der Waals surface area contributed by atoms with Crippen LogP contribution in [0.15, 0.2) is 36.5 Å². The average Bonchev–Trinajstić information content (AvgIpc) is 3.23. The molecule has 1 aromatic heterocycles. The maximum absolute atomic E-state index is 12.3. The molecule has 1 N–H and O–H groups in total. The number of carbonyl (C=O) groups is 3. The number of nitrogens with zero attached hydrogens (tertiary/aromatic N) is 3. The molecule has 158 valence electrons. The van der Waals surface area contributed by atoms with Crippen molar-refractivity contribution in [2.75, 3.05) is 12.4 Å². The van der Waals surface area contributed by atoms with E-state index in [-0.39, 0.29) is 23.7 Å². The monoisotopic (exact) mass is 412 g/mol. The summed E-state index contributed by atoms with van der Waals surface area (Å²) in [4.78, 5) is 35.0. The summed E-state index contributed by atoms with van der Waals surface area (Å²) in [6, 6.07) is 6.92. The van der Waals surface area contributed by atoms with E-state index in [1.165, 1.54) is 26.3 Å². The number of benzene rings is 1. The fourth-order valence-corrected chi connectivity index (χ4v) is 3.39. The van der Waals surface area contributed by atoms with Crippen molar-refractivity contribution in [2.45, 2.75) is 44.8 Å². The fourth-order valence-electron chi connectivity index (χ4n) is 3.39. The Hall–Kier alpha value is -3.49. The van der Waals surface area contributed by atoms with Gasteiger partial charge < -0.3 is 14.8 Å². The molecule has 0 saturated heterocycles. The third-order valence-electron chi connectivity index (χ3n) is 4.82. The Balaban J connectivity index is 1.62. The third kappa shape index (κ3) is 5.53.